The molecule has 17 heavy (non-hydrogen) atoms. The van der Waals surface area contributed by atoms with Crippen LogP contribution in [0.3, 0.4) is 0 Å². The normalized spacial score (nSPS) is 18.4. The van der Waals surface area contributed by atoms with Gasteiger partial charge in [0.05, 0.1) is 0 Å². The SMILES string of the molecule is CCCNCC1(CCCOCC(F)(F)F)CC1. The van der Waals surface area contributed by atoms with Crippen LogP contribution in [0.2, 0.25) is 0 Å². The van der Waals surface area contributed by atoms with Crippen LogP contribution in [0, 0.1) is 5.41 Å². The van der Waals surface area contributed by atoms with E-state index in [9.17, 15) is 13.2 Å². The highest BCUT2D eigenvalue weighted by Gasteiger charge is 2.41. The van der Waals surface area contributed by atoms with Crippen LogP contribution in [-0.2, 0) is 4.74 Å². The van der Waals surface area contributed by atoms with Gasteiger partial charge in [0.1, 0.15) is 6.61 Å². The molecule has 0 heterocycles. The molecule has 0 atom stereocenters. The second kappa shape index (κ2) is 6.59. The van der Waals surface area contributed by atoms with Gasteiger partial charge in [0.2, 0.25) is 0 Å². The summed E-state index contributed by atoms with van der Waals surface area (Å²) in [5.74, 6) is 0. The molecule has 0 unspecified atom stereocenters. The van der Waals surface area contributed by atoms with Crippen molar-refractivity contribution in [2.75, 3.05) is 26.3 Å². The Morgan fingerprint density at radius 1 is 1.29 bits per heavy atom. The van der Waals surface area contributed by atoms with Gasteiger partial charge < -0.3 is 10.1 Å². The smallest absolute Gasteiger partial charge is 0.372 e. The Balaban J connectivity index is 1.99. The van der Waals surface area contributed by atoms with Gasteiger partial charge in [-0.3, -0.25) is 0 Å². The van der Waals surface area contributed by atoms with Gasteiger partial charge in [0.25, 0.3) is 0 Å². The zero-order valence-electron chi connectivity index (χ0n) is 10.4. The summed E-state index contributed by atoms with van der Waals surface area (Å²) < 4.78 is 40.0. The Bertz CT molecular complexity index is 214. The van der Waals surface area contributed by atoms with E-state index < -0.39 is 12.8 Å². The van der Waals surface area contributed by atoms with Crippen molar-refractivity contribution in [1.29, 1.82) is 0 Å². The van der Waals surface area contributed by atoms with Crippen molar-refractivity contribution in [1.82, 2.24) is 5.32 Å². The second-order valence-corrected chi connectivity index (χ2v) is 4.95. The summed E-state index contributed by atoms with van der Waals surface area (Å²) in [6.07, 6.45) is 1.02. The molecule has 0 amide bonds. The number of hydrogen-bond acceptors (Lipinski definition) is 2. The molecule has 0 aromatic carbocycles. The van der Waals surface area contributed by atoms with Crippen LogP contribution in [0.4, 0.5) is 13.2 Å². The predicted molar refractivity (Wildman–Crippen MR) is 60.9 cm³/mol. The third-order valence-corrected chi connectivity index (χ3v) is 3.15. The molecule has 102 valence electrons. The van der Waals surface area contributed by atoms with E-state index in [1.54, 1.807) is 0 Å². The minimum Gasteiger partial charge on any atom is -0.372 e. The minimum absolute atomic E-state index is 0.217. The number of halogens is 3. The molecule has 1 saturated carbocycles. The average Bonchev–Trinajstić information content (AvgIpc) is 2.97. The van der Waals surface area contributed by atoms with Gasteiger partial charge in [0, 0.05) is 13.2 Å². The van der Waals surface area contributed by atoms with E-state index in [0.29, 0.717) is 5.41 Å². The number of rotatable bonds is 9. The highest BCUT2D eigenvalue weighted by molar-refractivity contribution is 4.94. The van der Waals surface area contributed by atoms with E-state index in [4.69, 9.17) is 0 Å². The number of alkyl halides is 3. The second-order valence-electron chi connectivity index (χ2n) is 4.95. The van der Waals surface area contributed by atoms with E-state index in [1.165, 1.54) is 12.8 Å². The summed E-state index contributed by atoms with van der Waals surface area (Å²) in [5, 5.41) is 3.38. The van der Waals surface area contributed by atoms with Gasteiger partial charge in [-0.05, 0) is 44.1 Å². The fourth-order valence-corrected chi connectivity index (χ4v) is 1.96. The molecule has 0 radical (unpaired) electrons. The summed E-state index contributed by atoms with van der Waals surface area (Å²) in [5.41, 5.74) is 0.358. The Hall–Kier alpha value is -0.290. The summed E-state index contributed by atoms with van der Waals surface area (Å²) in [4.78, 5) is 0. The zero-order valence-corrected chi connectivity index (χ0v) is 10.4. The monoisotopic (exact) mass is 253 g/mol. The van der Waals surface area contributed by atoms with Crippen LogP contribution in [0.1, 0.15) is 39.0 Å². The van der Waals surface area contributed by atoms with Gasteiger partial charge in [-0.2, -0.15) is 13.2 Å². The molecule has 0 aromatic rings. The van der Waals surface area contributed by atoms with E-state index in [2.05, 4.69) is 17.0 Å². The number of ether oxygens (including phenoxy) is 1. The van der Waals surface area contributed by atoms with Crippen LogP contribution >= 0.6 is 0 Å². The van der Waals surface area contributed by atoms with Crippen LogP contribution in [0.5, 0.6) is 0 Å². The van der Waals surface area contributed by atoms with E-state index in [0.717, 1.165) is 32.4 Å². The third-order valence-electron chi connectivity index (χ3n) is 3.15. The largest absolute Gasteiger partial charge is 0.411 e. The molecule has 0 bridgehead atoms. The maximum atomic E-state index is 11.8. The fraction of sp³-hybridized carbons (Fsp3) is 1.00. The summed E-state index contributed by atoms with van der Waals surface area (Å²) in [6.45, 7) is 3.24. The molecule has 0 saturated heterocycles. The van der Waals surface area contributed by atoms with Gasteiger partial charge in [-0.25, -0.2) is 0 Å². The first kappa shape index (κ1) is 14.8. The maximum Gasteiger partial charge on any atom is 0.411 e. The third kappa shape index (κ3) is 6.88. The van der Waals surface area contributed by atoms with E-state index in [1.807, 2.05) is 0 Å². The molecule has 0 aliphatic heterocycles. The number of hydrogen-bond donors (Lipinski definition) is 1. The van der Waals surface area contributed by atoms with Crippen molar-refractivity contribution in [2.45, 2.75) is 45.2 Å². The fourth-order valence-electron chi connectivity index (χ4n) is 1.96. The lowest BCUT2D eigenvalue weighted by Gasteiger charge is -2.15. The average molecular weight is 253 g/mol. The molecule has 1 N–H and O–H groups in total. The molecule has 0 spiro atoms. The van der Waals surface area contributed by atoms with Crippen LogP contribution in [0.25, 0.3) is 0 Å². The first-order valence-corrected chi connectivity index (χ1v) is 6.33. The van der Waals surface area contributed by atoms with Crippen molar-refractivity contribution < 1.29 is 17.9 Å². The van der Waals surface area contributed by atoms with Gasteiger partial charge in [0.15, 0.2) is 0 Å². The first-order valence-electron chi connectivity index (χ1n) is 6.33. The van der Waals surface area contributed by atoms with Crippen LogP contribution in [0.15, 0.2) is 0 Å². The van der Waals surface area contributed by atoms with Gasteiger partial charge >= 0.3 is 6.18 Å². The maximum absolute atomic E-state index is 11.8. The Morgan fingerprint density at radius 3 is 2.53 bits per heavy atom. The zero-order chi connectivity index (χ0) is 12.8. The standard InChI is InChI=1S/C12H22F3NO/c1-2-7-16-9-11(5-6-11)4-3-8-17-10-12(13,14)15/h16H,2-10H2,1H3. The minimum atomic E-state index is -4.19. The highest BCUT2D eigenvalue weighted by atomic mass is 19.4. The van der Waals surface area contributed by atoms with E-state index in [-0.39, 0.29) is 6.61 Å². The summed E-state index contributed by atoms with van der Waals surface area (Å²) >= 11 is 0. The molecule has 1 aliphatic rings. The Morgan fingerprint density at radius 2 is 2.00 bits per heavy atom. The summed E-state index contributed by atoms with van der Waals surface area (Å²) in [6, 6.07) is 0. The van der Waals surface area contributed by atoms with E-state index >= 15 is 0 Å². The molecule has 1 aliphatic carbocycles. The molecule has 5 heteroatoms. The number of nitrogens with one attached hydrogen (secondary N) is 1. The Kier molecular flexibility index (Phi) is 5.73. The predicted octanol–water partition coefficient (Wildman–Crippen LogP) is 3.13. The first-order chi connectivity index (χ1) is 7.97. The lowest BCUT2D eigenvalue weighted by molar-refractivity contribution is -0.174. The van der Waals surface area contributed by atoms with Gasteiger partial charge in [-0.15, -0.1) is 0 Å². The van der Waals surface area contributed by atoms with Crippen molar-refractivity contribution >= 4 is 0 Å². The molecular formula is C12H22F3NO. The molecule has 0 aromatic heterocycles. The lowest BCUT2D eigenvalue weighted by atomic mass is 10.0. The van der Waals surface area contributed by atoms with Crippen molar-refractivity contribution in [3.05, 3.63) is 0 Å². The topological polar surface area (TPSA) is 21.3 Å². The van der Waals surface area contributed by atoms with Crippen LogP contribution < -0.4 is 5.32 Å². The molecule has 1 rings (SSSR count). The molecule has 1 fully saturated rings. The lowest BCUT2D eigenvalue weighted by Crippen LogP contribution is -2.25. The van der Waals surface area contributed by atoms with Crippen molar-refractivity contribution in [3.8, 4) is 0 Å². The Labute approximate surface area is 101 Å². The van der Waals surface area contributed by atoms with Crippen LogP contribution in [-0.4, -0.2) is 32.5 Å². The molecule has 2 nitrogen and oxygen atoms in total. The molecular weight excluding hydrogens is 231 g/mol. The van der Waals surface area contributed by atoms with Crippen molar-refractivity contribution in [2.24, 2.45) is 5.41 Å². The van der Waals surface area contributed by atoms with Crippen molar-refractivity contribution in [3.63, 3.8) is 0 Å². The highest BCUT2D eigenvalue weighted by Crippen LogP contribution is 2.48. The quantitative estimate of drug-likeness (QED) is 0.637. The summed E-state index contributed by atoms with van der Waals surface area (Å²) in [7, 11) is 0. The van der Waals surface area contributed by atoms with Gasteiger partial charge in [-0.1, -0.05) is 6.92 Å².